The van der Waals surface area contributed by atoms with Crippen LogP contribution < -0.4 is 9.80 Å². The van der Waals surface area contributed by atoms with Crippen molar-refractivity contribution in [2.75, 3.05) is 36.0 Å². The lowest BCUT2D eigenvalue weighted by Gasteiger charge is -2.42. The summed E-state index contributed by atoms with van der Waals surface area (Å²) in [5.74, 6) is 0.279. The zero-order valence-electron chi connectivity index (χ0n) is 17.5. The molecule has 5 nitrogen and oxygen atoms in total. The van der Waals surface area contributed by atoms with Crippen LogP contribution in [0.5, 0.6) is 0 Å². The Morgan fingerprint density at radius 3 is 2.27 bits per heavy atom. The molecule has 0 unspecified atom stereocenters. The zero-order chi connectivity index (χ0) is 23.0. The van der Waals surface area contributed by atoms with Gasteiger partial charge < -0.3 is 14.7 Å². The van der Waals surface area contributed by atoms with E-state index in [0.29, 0.717) is 43.5 Å². The van der Waals surface area contributed by atoms with E-state index >= 15 is 0 Å². The first-order valence-corrected chi connectivity index (χ1v) is 10.5. The Labute approximate surface area is 188 Å². The third-order valence-corrected chi connectivity index (χ3v) is 5.74. The van der Waals surface area contributed by atoms with Gasteiger partial charge in [-0.25, -0.2) is 9.38 Å². The summed E-state index contributed by atoms with van der Waals surface area (Å²) in [6.07, 6.45) is -1.16. The molecule has 0 N–H and O–H groups in total. The Morgan fingerprint density at radius 1 is 0.818 bits per heavy atom. The van der Waals surface area contributed by atoms with Gasteiger partial charge in [-0.1, -0.05) is 6.07 Å². The normalized spacial score (nSPS) is 16.5. The Kier molecular flexibility index (Phi) is 5.39. The van der Waals surface area contributed by atoms with Gasteiger partial charge in [0.05, 0.1) is 17.8 Å². The maximum absolute atomic E-state index is 13.3. The average Bonchev–Trinajstić information content (AvgIpc) is 2.83. The quantitative estimate of drug-likeness (QED) is 0.506. The molecule has 0 amide bonds. The molecule has 33 heavy (non-hydrogen) atoms. The number of hydrogen-bond acceptors (Lipinski definition) is 5. The van der Waals surface area contributed by atoms with Crippen molar-refractivity contribution in [3.63, 3.8) is 0 Å². The fraction of sp³-hybridized carbons (Fsp3) is 0.208. The van der Waals surface area contributed by atoms with Crippen LogP contribution in [0.15, 0.2) is 72.0 Å². The zero-order valence-corrected chi connectivity index (χ0v) is 17.5. The van der Waals surface area contributed by atoms with Crippen LogP contribution in [0.2, 0.25) is 0 Å². The van der Waals surface area contributed by atoms with E-state index in [1.54, 1.807) is 48.1 Å². The third-order valence-electron chi connectivity index (χ3n) is 5.74. The van der Waals surface area contributed by atoms with E-state index in [-0.39, 0.29) is 5.82 Å². The molecule has 3 heterocycles. The van der Waals surface area contributed by atoms with Gasteiger partial charge in [0.15, 0.2) is 0 Å². The number of pyridine rings is 1. The molecule has 1 radical (unpaired) electrons. The number of guanidine groups is 1. The van der Waals surface area contributed by atoms with Crippen LogP contribution >= 0.6 is 0 Å². The molecule has 0 atom stereocenters. The Morgan fingerprint density at radius 2 is 1.55 bits per heavy atom. The summed E-state index contributed by atoms with van der Waals surface area (Å²) in [6, 6.07) is 13.4. The van der Waals surface area contributed by atoms with Crippen molar-refractivity contribution in [2.45, 2.75) is 6.18 Å². The summed E-state index contributed by atoms with van der Waals surface area (Å²) in [5.41, 5.74) is 2.03. The van der Waals surface area contributed by atoms with E-state index in [0.717, 1.165) is 23.4 Å². The minimum absolute atomic E-state index is 0.283. The number of alkyl halides is 3. The van der Waals surface area contributed by atoms with E-state index in [4.69, 9.17) is 4.99 Å². The van der Waals surface area contributed by atoms with Crippen molar-refractivity contribution in [3.8, 4) is 0 Å². The topological polar surface area (TPSA) is 35.0 Å². The van der Waals surface area contributed by atoms with E-state index in [9.17, 15) is 17.6 Å². The molecular formula is C24H20F4N5. The van der Waals surface area contributed by atoms with Gasteiger partial charge in [0.1, 0.15) is 5.82 Å². The fourth-order valence-corrected chi connectivity index (χ4v) is 4.02. The van der Waals surface area contributed by atoms with E-state index in [2.05, 4.69) is 14.8 Å². The molecule has 0 bridgehead atoms. The molecule has 1 saturated heterocycles. The number of anilines is 2. The number of benzene rings is 2. The number of rotatable bonds is 2. The van der Waals surface area contributed by atoms with Gasteiger partial charge in [-0.2, -0.15) is 13.2 Å². The highest BCUT2D eigenvalue weighted by atomic mass is 19.4. The Bertz CT molecular complexity index is 1170. The number of piperazine rings is 1. The van der Waals surface area contributed by atoms with Crippen molar-refractivity contribution >= 4 is 23.0 Å². The second-order valence-corrected chi connectivity index (χ2v) is 7.84. The first kappa shape index (κ1) is 21.2. The molecule has 9 heteroatoms. The number of aliphatic imine (C=N–C) groups is 1. The molecule has 1 fully saturated rings. The number of nitrogens with zero attached hydrogens (tertiary/aromatic N) is 5. The lowest BCUT2D eigenvalue weighted by atomic mass is 10.1. The van der Waals surface area contributed by atoms with Crippen molar-refractivity contribution in [1.29, 1.82) is 0 Å². The summed E-state index contributed by atoms with van der Waals surface area (Å²) in [7, 11) is 0. The van der Waals surface area contributed by atoms with Crippen molar-refractivity contribution < 1.29 is 17.6 Å². The smallest absolute Gasteiger partial charge is 0.368 e. The minimum Gasteiger partial charge on any atom is -0.368 e. The lowest BCUT2D eigenvalue weighted by Crippen LogP contribution is -2.54. The van der Waals surface area contributed by atoms with E-state index in [1.807, 2.05) is 0 Å². The molecule has 2 aliphatic rings. The Hall–Kier alpha value is -3.62. The number of aromatic nitrogens is 1. The SMILES string of the molecule is Fc1ccc(N2CCN(C3=Nc4ccncc4[CH]N3c3cccc(C(F)(F)F)c3)CC2)cc1. The van der Waals surface area contributed by atoms with Gasteiger partial charge in [0, 0.05) is 55.5 Å². The van der Waals surface area contributed by atoms with Crippen LogP contribution in [0, 0.1) is 12.4 Å². The van der Waals surface area contributed by atoms with Gasteiger partial charge in [-0.15, -0.1) is 0 Å². The first-order valence-electron chi connectivity index (χ1n) is 10.5. The number of hydrogen-bond donors (Lipinski definition) is 0. The summed E-state index contributed by atoms with van der Waals surface area (Å²) in [5, 5.41) is 0. The predicted molar refractivity (Wildman–Crippen MR) is 119 cm³/mol. The van der Waals surface area contributed by atoms with E-state index in [1.165, 1.54) is 18.2 Å². The van der Waals surface area contributed by atoms with Gasteiger partial charge in [0.25, 0.3) is 0 Å². The van der Waals surface area contributed by atoms with Crippen molar-refractivity contribution in [3.05, 3.63) is 90.5 Å². The molecule has 2 aliphatic heterocycles. The van der Waals surface area contributed by atoms with Crippen LogP contribution in [-0.4, -0.2) is 42.0 Å². The molecule has 3 aromatic rings. The van der Waals surface area contributed by atoms with E-state index < -0.39 is 11.7 Å². The molecule has 0 saturated carbocycles. The average molecular weight is 454 g/mol. The molecule has 1 aromatic heterocycles. The largest absolute Gasteiger partial charge is 0.416 e. The number of fused-ring (bicyclic) bond motifs is 1. The lowest BCUT2D eigenvalue weighted by molar-refractivity contribution is -0.137. The molecule has 5 rings (SSSR count). The first-order chi connectivity index (χ1) is 15.9. The standard InChI is InChI=1S/C24H20F4N5/c25-19-4-6-20(7-5-19)31-10-12-32(13-11-31)23-30-22-8-9-29-15-17(22)16-33(23)21-3-1-2-18(14-21)24(26,27)28/h1-9,14-16H,10-13H2. The predicted octanol–water partition coefficient (Wildman–Crippen LogP) is 5.08. The van der Waals surface area contributed by atoms with Gasteiger partial charge >= 0.3 is 6.18 Å². The molecular weight excluding hydrogens is 434 g/mol. The van der Waals surface area contributed by atoms with Crippen LogP contribution in [0.25, 0.3) is 0 Å². The summed E-state index contributed by atoms with van der Waals surface area (Å²) in [6.45, 7) is 4.33. The molecule has 0 aliphatic carbocycles. The van der Waals surface area contributed by atoms with Crippen LogP contribution in [0.1, 0.15) is 11.1 Å². The van der Waals surface area contributed by atoms with Gasteiger partial charge in [0.2, 0.25) is 5.96 Å². The number of halogens is 4. The minimum atomic E-state index is -4.44. The highest BCUT2D eigenvalue weighted by Crippen LogP contribution is 2.35. The van der Waals surface area contributed by atoms with Gasteiger partial charge in [-0.3, -0.25) is 4.98 Å². The molecule has 2 aromatic carbocycles. The van der Waals surface area contributed by atoms with Gasteiger partial charge in [-0.05, 0) is 48.5 Å². The van der Waals surface area contributed by atoms with Crippen LogP contribution in [-0.2, 0) is 6.18 Å². The summed E-state index contributed by atoms with van der Waals surface area (Å²) < 4.78 is 53.3. The fourth-order valence-electron chi connectivity index (χ4n) is 4.02. The molecule has 0 spiro atoms. The summed E-state index contributed by atoms with van der Waals surface area (Å²) >= 11 is 0. The highest BCUT2D eigenvalue weighted by molar-refractivity contribution is 6.01. The Balaban J connectivity index is 1.44. The second kappa shape index (κ2) is 8.38. The highest BCUT2D eigenvalue weighted by Gasteiger charge is 2.33. The maximum Gasteiger partial charge on any atom is 0.416 e. The second-order valence-electron chi connectivity index (χ2n) is 7.84. The third kappa shape index (κ3) is 4.35. The maximum atomic E-state index is 13.3. The van der Waals surface area contributed by atoms with Crippen LogP contribution in [0.4, 0.5) is 34.6 Å². The van der Waals surface area contributed by atoms with Crippen molar-refractivity contribution in [2.24, 2.45) is 4.99 Å². The van der Waals surface area contributed by atoms with Crippen LogP contribution in [0.3, 0.4) is 0 Å². The molecule has 169 valence electrons. The van der Waals surface area contributed by atoms with Crippen molar-refractivity contribution in [1.82, 2.24) is 9.88 Å². The summed E-state index contributed by atoms with van der Waals surface area (Å²) in [4.78, 5) is 14.8. The monoisotopic (exact) mass is 454 g/mol.